The highest BCUT2D eigenvalue weighted by atomic mass is 15.2. The van der Waals surface area contributed by atoms with E-state index in [1.165, 1.54) is 5.56 Å². The lowest BCUT2D eigenvalue weighted by Gasteiger charge is -2.00. The highest BCUT2D eigenvalue weighted by Gasteiger charge is 2.11. The Balaban J connectivity index is 1.60. The van der Waals surface area contributed by atoms with E-state index in [-0.39, 0.29) is 0 Å². The summed E-state index contributed by atoms with van der Waals surface area (Å²) in [5.74, 6) is 0. The van der Waals surface area contributed by atoms with Gasteiger partial charge in [0.05, 0.1) is 5.69 Å². The van der Waals surface area contributed by atoms with Crippen molar-refractivity contribution in [3.8, 4) is 5.69 Å². The van der Waals surface area contributed by atoms with Crippen molar-refractivity contribution in [3.05, 3.63) is 109 Å². The SMILES string of the molecule is c1ccc(C[n+]2ccn(-c3ccccc3N=Nc3ccccc3)c2)cc1. The van der Waals surface area contributed by atoms with E-state index in [1.807, 2.05) is 66.9 Å². The van der Waals surface area contributed by atoms with Crippen LogP contribution in [0.15, 0.2) is 114 Å². The third kappa shape index (κ3) is 3.75. The van der Waals surface area contributed by atoms with Gasteiger partial charge in [0.25, 0.3) is 0 Å². The topological polar surface area (TPSA) is 33.5 Å². The van der Waals surface area contributed by atoms with Crippen LogP contribution in [0.5, 0.6) is 0 Å². The summed E-state index contributed by atoms with van der Waals surface area (Å²) in [5.41, 5.74) is 3.94. The van der Waals surface area contributed by atoms with Crippen LogP contribution in [-0.4, -0.2) is 4.57 Å². The van der Waals surface area contributed by atoms with Gasteiger partial charge in [0.15, 0.2) is 5.69 Å². The lowest BCUT2D eigenvalue weighted by Crippen LogP contribution is -2.31. The zero-order valence-electron chi connectivity index (χ0n) is 14.3. The second-order valence-electron chi connectivity index (χ2n) is 6.00. The van der Waals surface area contributed by atoms with Gasteiger partial charge in [-0.15, -0.1) is 5.11 Å². The van der Waals surface area contributed by atoms with Crippen molar-refractivity contribution in [1.29, 1.82) is 0 Å². The predicted octanol–water partition coefficient (Wildman–Crippen LogP) is 5.23. The summed E-state index contributed by atoms with van der Waals surface area (Å²) in [6.45, 7) is 0.835. The van der Waals surface area contributed by atoms with E-state index in [9.17, 15) is 0 Å². The van der Waals surface area contributed by atoms with Gasteiger partial charge in [-0.3, -0.25) is 0 Å². The molecule has 4 rings (SSSR count). The first-order chi connectivity index (χ1) is 12.9. The van der Waals surface area contributed by atoms with E-state index in [0.29, 0.717) is 0 Å². The number of benzene rings is 3. The number of aromatic nitrogens is 2. The molecule has 4 aromatic rings. The monoisotopic (exact) mass is 339 g/mol. The van der Waals surface area contributed by atoms with Gasteiger partial charge in [-0.25, -0.2) is 9.13 Å². The van der Waals surface area contributed by atoms with Gasteiger partial charge >= 0.3 is 0 Å². The smallest absolute Gasteiger partial charge is 0.232 e. The molecule has 0 saturated carbocycles. The first-order valence-corrected chi connectivity index (χ1v) is 8.56. The average Bonchev–Trinajstić information content (AvgIpc) is 3.16. The van der Waals surface area contributed by atoms with Crippen LogP contribution in [-0.2, 0) is 6.54 Å². The second kappa shape index (κ2) is 7.57. The Bertz CT molecular complexity index is 1000. The maximum absolute atomic E-state index is 4.44. The number of imidazole rings is 1. The fourth-order valence-corrected chi connectivity index (χ4v) is 2.80. The summed E-state index contributed by atoms with van der Waals surface area (Å²) in [6, 6.07) is 28.2. The maximum Gasteiger partial charge on any atom is 0.249 e. The number of hydrogen-bond acceptors (Lipinski definition) is 2. The first kappa shape index (κ1) is 16.0. The Morgan fingerprint density at radius 2 is 1.42 bits per heavy atom. The van der Waals surface area contributed by atoms with E-state index in [4.69, 9.17) is 0 Å². The molecule has 0 saturated heterocycles. The minimum Gasteiger partial charge on any atom is -0.232 e. The molecule has 1 aromatic heterocycles. The molecular formula is C22H19N4+. The van der Waals surface area contributed by atoms with Crippen LogP contribution in [0, 0.1) is 0 Å². The number of para-hydroxylation sites is 1. The molecule has 26 heavy (non-hydrogen) atoms. The van der Waals surface area contributed by atoms with E-state index >= 15 is 0 Å². The van der Waals surface area contributed by atoms with Crippen molar-refractivity contribution in [2.24, 2.45) is 10.2 Å². The molecule has 0 spiro atoms. The van der Waals surface area contributed by atoms with Gasteiger partial charge in [-0.1, -0.05) is 60.7 Å². The largest absolute Gasteiger partial charge is 0.249 e. The van der Waals surface area contributed by atoms with Gasteiger partial charge in [0.1, 0.15) is 24.6 Å². The zero-order chi connectivity index (χ0) is 17.6. The molecule has 0 bridgehead atoms. The molecule has 0 aliphatic heterocycles. The van der Waals surface area contributed by atoms with Crippen LogP contribution in [0.3, 0.4) is 0 Å². The van der Waals surface area contributed by atoms with Crippen molar-refractivity contribution >= 4 is 11.4 Å². The highest BCUT2D eigenvalue weighted by Crippen LogP contribution is 2.25. The molecule has 4 heteroatoms. The Hall–Kier alpha value is -3.53. The summed E-state index contributed by atoms with van der Waals surface area (Å²) < 4.78 is 4.22. The minimum absolute atomic E-state index is 0.832. The van der Waals surface area contributed by atoms with Crippen LogP contribution < -0.4 is 4.57 Å². The van der Waals surface area contributed by atoms with Crippen LogP contribution in [0.2, 0.25) is 0 Å². The Labute approximate surface area is 152 Å². The molecular weight excluding hydrogens is 320 g/mol. The number of azo groups is 1. The van der Waals surface area contributed by atoms with Crippen molar-refractivity contribution in [1.82, 2.24) is 4.57 Å². The number of nitrogens with zero attached hydrogens (tertiary/aromatic N) is 4. The fraction of sp³-hybridized carbons (Fsp3) is 0.0455. The van der Waals surface area contributed by atoms with Gasteiger partial charge in [0, 0.05) is 0 Å². The zero-order valence-corrected chi connectivity index (χ0v) is 14.3. The Morgan fingerprint density at radius 1 is 0.731 bits per heavy atom. The van der Waals surface area contributed by atoms with E-state index in [0.717, 1.165) is 23.6 Å². The van der Waals surface area contributed by atoms with Crippen molar-refractivity contribution < 1.29 is 4.57 Å². The Kier molecular flexibility index (Phi) is 4.65. The number of hydrogen-bond donors (Lipinski definition) is 0. The third-order valence-electron chi connectivity index (χ3n) is 4.09. The molecule has 0 N–H and O–H groups in total. The van der Waals surface area contributed by atoms with Crippen molar-refractivity contribution in [2.45, 2.75) is 6.54 Å². The van der Waals surface area contributed by atoms with Gasteiger partial charge < -0.3 is 0 Å². The average molecular weight is 339 g/mol. The molecule has 0 atom stereocenters. The van der Waals surface area contributed by atoms with Gasteiger partial charge in [0.2, 0.25) is 6.33 Å². The molecule has 0 radical (unpaired) electrons. The fourth-order valence-electron chi connectivity index (χ4n) is 2.80. The molecule has 0 aliphatic carbocycles. The van der Waals surface area contributed by atoms with E-state index < -0.39 is 0 Å². The van der Waals surface area contributed by atoms with Crippen LogP contribution in [0.25, 0.3) is 5.69 Å². The predicted molar refractivity (Wildman–Crippen MR) is 102 cm³/mol. The molecule has 0 amide bonds. The molecule has 0 unspecified atom stereocenters. The van der Waals surface area contributed by atoms with E-state index in [1.54, 1.807) is 0 Å². The standard InChI is InChI=1S/C22H19N4/c1-3-9-19(10-4-1)17-25-15-16-26(18-25)22-14-8-7-13-21(22)24-23-20-11-5-2-6-12-20/h1-16,18H,17H2/q+1. The summed E-state index contributed by atoms with van der Waals surface area (Å²) in [4.78, 5) is 0. The van der Waals surface area contributed by atoms with Crippen molar-refractivity contribution in [2.75, 3.05) is 0 Å². The molecule has 0 fully saturated rings. The second-order valence-corrected chi connectivity index (χ2v) is 6.00. The molecule has 4 nitrogen and oxygen atoms in total. The molecule has 0 aliphatic rings. The molecule has 1 heterocycles. The maximum atomic E-state index is 4.44. The Morgan fingerprint density at radius 3 is 2.23 bits per heavy atom. The quantitative estimate of drug-likeness (QED) is 0.352. The molecule has 126 valence electrons. The summed E-state index contributed by atoms with van der Waals surface area (Å²) in [5, 5.41) is 8.78. The first-order valence-electron chi connectivity index (χ1n) is 8.56. The number of rotatable bonds is 5. The highest BCUT2D eigenvalue weighted by molar-refractivity contribution is 5.56. The van der Waals surface area contributed by atoms with Crippen LogP contribution in [0.1, 0.15) is 5.56 Å². The normalized spacial score (nSPS) is 11.1. The van der Waals surface area contributed by atoms with Crippen LogP contribution >= 0.6 is 0 Å². The van der Waals surface area contributed by atoms with Crippen molar-refractivity contribution in [3.63, 3.8) is 0 Å². The summed E-state index contributed by atoms with van der Waals surface area (Å²) in [7, 11) is 0. The third-order valence-corrected chi connectivity index (χ3v) is 4.09. The summed E-state index contributed by atoms with van der Waals surface area (Å²) in [6.07, 6.45) is 6.18. The van der Waals surface area contributed by atoms with Gasteiger partial charge in [-0.2, -0.15) is 5.11 Å². The van der Waals surface area contributed by atoms with Gasteiger partial charge in [-0.05, 0) is 29.8 Å². The lowest BCUT2D eigenvalue weighted by atomic mass is 10.2. The summed E-state index contributed by atoms with van der Waals surface area (Å²) >= 11 is 0. The molecule has 3 aromatic carbocycles. The lowest BCUT2D eigenvalue weighted by molar-refractivity contribution is -0.687. The van der Waals surface area contributed by atoms with E-state index in [2.05, 4.69) is 56.2 Å². The van der Waals surface area contributed by atoms with Crippen LogP contribution in [0.4, 0.5) is 11.4 Å². The minimum atomic E-state index is 0.832.